The molecule has 1 unspecified atom stereocenters. The highest BCUT2D eigenvalue weighted by Crippen LogP contribution is 2.36. The van der Waals surface area contributed by atoms with Gasteiger partial charge in [-0.1, -0.05) is 0 Å². The lowest BCUT2D eigenvalue weighted by molar-refractivity contribution is -0.133. The van der Waals surface area contributed by atoms with Gasteiger partial charge in [0.05, 0.1) is 0 Å². The van der Waals surface area contributed by atoms with Crippen LogP contribution in [0.2, 0.25) is 0 Å². The van der Waals surface area contributed by atoms with Gasteiger partial charge in [0.1, 0.15) is 0 Å². The van der Waals surface area contributed by atoms with Gasteiger partial charge in [-0.05, 0) is 50.9 Å². The maximum atomic E-state index is 12.5. The smallest absolute Gasteiger partial charge is 0.224 e. The van der Waals surface area contributed by atoms with Crippen molar-refractivity contribution >= 4 is 5.91 Å². The molecule has 2 N–H and O–H groups in total. The van der Waals surface area contributed by atoms with Crippen molar-refractivity contribution in [2.45, 2.75) is 63.5 Å². The van der Waals surface area contributed by atoms with E-state index in [1.165, 1.54) is 51.5 Å². The minimum atomic E-state index is 0.275. The van der Waals surface area contributed by atoms with Crippen LogP contribution in [0.15, 0.2) is 0 Å². The molecule has 0 spiro atoms. The number of carbonyl (C=O) groups is 1. The van der Waals surface area contributed by atoms with Crippen molar-refractivity contribution in [3.05, 3.63) is 0 Å². The Morgan fingerprint density at radius 3 is 2.40 bits per heavy atom. The van der Waals surface area contributed by atoms with Crippen molar-refractivity contribution in [3.63, 3.8) is 0 Å². The Bertz CT molecular complexity index is 333. The second kappa shape index (κ2) is 6.44. The lowest BCUT2D eigenvalue weighted by Crippen LogP contribution is -2.47. The fourth-order valence-electron chi connectivity index (χ4n) is 3.41. The van der Waals surface area contributed by atoms with Gasteiger partial charge in [-0.2, -0.15) is 0 Å². The zero-order valence-corrected chi connectivity index (χ0v) is 12.6. The summed E-state index contributed by atoms with van der Waals surface area (Å²) in [6.45, 7) is 3.73. The summed E-state index contributed by atoms with van der Waals surface area (Å²) in [6, 6.07) is 0.996. The van der Waals surface area contributed by atoms with Gasteiger partial charge < -0.3 is 10.6 Å². The zero-order chi connectivity index (χ0) is 13.9. The summed E-state index contributed by atoms with van der Waals surface area (Å²) >= 11 is 0. The monoisotopic (exact) mass is 279 g/mol. The van der Waals surface area contributed by atoms with Gasteiger partial charge in [0, 0.05) is 44.7 Å². The first-order valence-corrected chi connectivity index (χ1v) is 8.51. The molecule has 20 heavy (non-hydrogen) atoms. The average Bonchev–Trinajstić information content (AvgIpc) is 3.37. The molecule has 0 aromatic heterocycles. The van der Waals surface area contributed by atoms with Crippen molar-refractivity contribution in [2.24, 2.45) is 11.7 Å². The summed E-state index contributed by atoms with van der Waals surface area (Å²) < 4.78 is 0. The lowest BCUT2D eigenvalue weighted by Gasteiger charge is -2.33. The second-order valence-electron chi connectivity index (χ2n) is 6.91. The first kappa shape index (κ1) is 14.3. The topological polar surface area (TPSA) is 49.6 Å². The first-order valence-electron chi connectivity index (χ1n) is 8.51. The molecule has 1 saturated heterocycles. The molecule has 2 aliphatic carbocycles. The standard InChI is InChI=1S/C16H29N3O/c17-11-15(10-16(20)18-8-2-1-3-9-18)19(14-6-7-14)12-13-4-5-13/h13-15H,1-12,17H2. The molecule has 0 aromatic rings. The molecule has 3 rings (SSSR count). The molecule has 114 valence electrons. The minimum absolute atomic E-state index is 0.275. The van der Waals surface area contributed by atoms with E-state index in [2.05, 4.69) is 9.80 Å². The van der Waals surface area contributed by atoms with E-state index >= 15 is 0 Å². The molecule has 4 nitrogen and oxygen atoms in total. The van der Waals surface area contributed by atoms with Crippen LogP contribution in [-0.4, -0.2) is 54.0 Å². The summed E-state index contributed by atoms with van der Waals surface area (Å²) in [6.07, 6.45) is 9.63. The number of amides is 1. The van der Waals surface area contributed by atoms with Gasteiger partial charge in [-0.3, -0.25) is 9.69 Å². The Hall–Kier alpha value is -0.610. The molecule has 0 radical (unpaired) electrons. The van der Waals surface area contributed by atoms with E-state index in [9.17, 15) is 4.79 Å². The quantitative estimate of drug-likeness (QED) is 0.770. The van der Waals surface area contributed by atoms with Gasteiger partial charge in [-0.15, -0.1) is 0 Å². The Kier molecular flexibility index (Phi) is 4.61. The van der Waals surface area contributed by atoms with Crippen LogP contribution in [0.1, 0.15) is 51.4 Å². The van der Waals surface area contributed by atoms with E-state index in [1.54, 1.807) is 0 Å². The number of likely N-dealkylation sites (tertiary alicyclic amines) is 1. The van der Waals surface area contributed by atoms with Crippen LogP contribution in [0.5, 0.6) is 0 Å². The highest BCUT2D eigenvalue weighted by atomic mass is 16.2. The Morgan fingerprint density at radius 1 is 1.15 bits per heavy atom. The number of hydrogen-bond acceptors (Lipinski definition) is 3. The van der Waals surface area contributed by atoms with E-state index in [0.29, 0.717) is 18.9 Å². The van der Waals surface area contributed by atoms with Gasteiger partial charge in [-0.25, -0.2) is 0 Å². The van der Waals surface area contributed by atoms with Crippen LogP contribution < -0.4 is 5.73 Å². The summed E-state index contributed by atoms with van der Waals surface area (Å²) in [7, 11) is 0. The van der Waals surface area contributed by atoms with Crippen molar-refractivity contribution in [1.82, 2.24) is 9.80 Å². The average molecular weight is 279 g/mol. The fraction of sp³-hybridized carbons (Fsp3) is 0.938. The molecule has 0 bridgehead atoms. The van der Waals surface area contributed by atoms with Crippen molar-refractivity contribution in [1.29, 1.82) is 0 Å². The highest BCUT2D eigenvalue weighted by Gasteiger charge is 2.38. The fourth-order valence-corrected chi connectivity index (χ4v) is 3.41. The molecule has 1 amide bonds. The predicted octanol–water partition coefficient (Wildman–Crippen LogP) is 1.59. The molecule has 1 atom stereocenters. The Morgan fingerprint density at radius 2 is 1.85 bits per heavy atom. The molecule has 1 aliphatic heterocycles. The third-order valence-corrected chi connectivity index (χ3v) is 5.04. The molecular formula is C16H29N3O. The number of nitrogens with zero attached hydrogens (tertiary/aromatic N) is 2. The van der Waals surface area contributed by atoms with Gasteiger partial charge in [0.25, 0.3) is 0 Å². The normalized spacial score (nSPS) is 25.0. The first-order chi connectivity index (χ1) is 9.78. The molecule has 3 fully saturated rings. The summed E-state index contributed by atoms with van der Waals surface area (Å²) in [5.41, 5.74) is 6.00. The summed E-state index contributed by atoms with van der Waals surface area (Å²) in [5, 5.41) is 0. The van der Waals surface area contributed by atoms with Crippen molar-refractivity contribution in [2.75, 3.05) is 26.2 Å². The van der Waals surface area contributed by atoms with Crippen molar-refractivity contribution < 1.29 is 4.79 Å². The molecule has 4 heteroatoms. The molecule has 0 aromatic carbocycles. The van der Waals surface area contributed by atoms with Crippen LogP contribution in [0.4, 0.5) is 0 Å². The van der Waals surface area contributed by atoms with E-state index in [0.717, 1.165) is 25.0 Å². The number of piperidine rings is 1. The number of rotatable bonds is 7. The predicted molar refractivity (Wildman–Crippen MR) is 80.3 cm³/mol. The van der Waals surface area contributed by atoms with E-state index in [-0.39, 0.29) is 6.04 Å². The van der Waals surface area contributed by atoms with Crippen LogP contribution in [0.3, 0.4) is 0 Å². The van der Waals surface area contributed by atoms with Crippen LogP contribution in [0, 0.1) is 5.92 Å². The number of carbonyl (C=O) groups excluding carboxylic acids is 1. The molecule has 1 heterocycles. The zero-order valence-electron chi connectivity index (χ0n) is 12.6. The lowest BCUT2D eigenvalue weighted by atomic mass is 10.1. The Labute approximate surface area is 122 Å². The van der Waals surface area contributed by atoms with E-state index < -0.39 is 0 Å². The second-order valence-corrected chi connectivity index (χ2v) is 6.91. The van der Waals surface area contributed by atoms with Gasteiger partial charge in [0.2, 0.25) is 5.91 Å². The van der Waals surface area contributed by atoms with E-state index in [4.69, 9.17) is 5.73 Å². The van der Waals surface area contributed by atoms with Gasteiger partial charge in [0.15, 0.2) is 0 Å². The minimum Gasteiger partial charge on any atom is -0.343 e. The number of nitrogens with two attached hydrogens (primary N) is 1. The van der Waals surface area contributed by atoms with Crippen LogP contribution >= 0.6 is 0 Å². The van der Waals surface area contributed by atoms with Crippen LogP contribution in [-0.2, 0) is 4.79 Å². The highest BCUT2D eigenvalue weighted by molar-refractivity contribution is 5.77. The number of hydrogen-bond donors (Lipinski definition) is 1. The third kappa shape index (κ3) is 3.73. The maximum absolute atomic E-state index is 12.5. The van der Waals surface area contributed by atoms with Crippen LogP contribution in [0.25, 0.3) is 0 Å². The molecule has 2 saturated carbocycles. The SMILES string of the molecule is NCC(CC(=O)N1CCCCC1)N(CC1CC1)C1CC1. The summed E-state index contributed by atoms with van der Waals surface area (Å²) in [4.78, 5) is 17.1. The largest absolute Gasteiger partial charge is 0.343 e. The molecule has 3 aliphatic rings. The van der Waals surface area contributed by atoms with Crippen molar-refractivity contribution in [3.8, 4) is 0 Å². The third-order valence-electron chi connectivity index (χ3n) is 5.04. The Balaban J connectivity index is 1.54. The van der Waals surface area contributed by atoms with E-state index in [1.807, 2.05) is 0 Å². The summed E-state index contributed by atoms with van der Waals surface area (Å²) in [5.74, 6) is 1.22. The van der Waals surface area contributed by atoms with Gasteiger partial charge >= 0.3 is 0 Å². The molecular weight excluding hydrogens is 250 g/mol. The maximum Gasteiger partial charge on any atom is 0.224 e.